The maximum Gasteiger partial charge on any atom is 2.00 e. The molecule has 2 aromatic rings. The van der Waals surface area contributed by atoms with Crippen LogP contribution in [-0.4, -0.2) is 31.9 Å². The van der Waals surface area contributed by atoms with Crippen LogP contribution in [0.15, 0.2) is 31.3 Å². The van der Waals surface area contributed by atoms with Crippen LogP contribution in [0.5, 0.6) is 0 Å². The first-order chi connectivity index (χ1) is 10.2. The Labute approximate surface area is 134 Å². The van der Waals surface area contributed by atoms with Gasteiger partial charge in [-0.25, -0.2) is 9.59 Å². The first-order valence-corrected chi connectivity index (χ1v) is 5.29. The third kappa shape index (κ3) is 6.39. The van der Waals surface area contributed by atoms with E-state index < -0.39 is 45.8 Å². The monoisotopic (exact) mass is 368 g/mol. The van der Waals surface area contributed by atoms with Crippen molar-refractivity contribution in [3.8, 4) is 0 Å². The molecule has 0 saturated carbocycles. The van der Waals surface area contributed by atoms with Gasteiger partial charge in [-0.2, -0.15) is 0 Å². The minimum atomic E-state index is -1.59. The number of aromatic carboxylic acids is 2. The second-order valence-corrected chi connectivity index (χ2v) is 3.58. The normalized spacial score (nSPS) is 9.04. The Morgan fingerprint density at radius 3 is 1.22 bits per heavy atom. The average Bonchev–Trinajstić information content (AvgIpc) is 2.37. The predicted molar refractivity (Wildman–Crippen MR) is 64.0 cm³/mol. The van der Waals surface area contributed by atoms with Gasteiger partial charge in [-0.3, -0.25) is 19.6 Å². The predicted octanol–water partition coefficient (Wildman–Crippen LogP) is -5.15. The Kier molecular flexibility index (Phi) is 7.13. The number of carbonyl (C=O) groups excluding carboxylic acids is 2. The molecular weight excluding hydrogens is 363 g/mol. The molecule has 0 atom stereocenters. The molecule has 0 unspecified atom stereocenters. The summed E-state index contributed by atoms with van der Waals surface area (Å²) in [7, 11) is 0. The Morgan fingerprint density at radius 2 is 1.00 bits per heavy atom. The molecule has 2 rings (SSSR count). The van der Waals surface area contributed by atoms with Gasteiger partial charge in [-0.05, 0) is 0 Å². The van der Waals surface area contributed by atoms with Crippen LogP contribution < -0.4 is 32.7 Å². The van der Waals surface area contributed by atoms with Gasteiger partial charge in [0, 0.05) is 12.1 Å². The largest absolute Gasteiger partial charge is 2.00 e. The van der Waals surface area contributed by atoms with E-state index in [1.165, 1.54) is 0 Å². The molecule has 0 bridgehead atoms. The van der Waals surface area contributed by atoms with Gasteiger partial charge in [-0.15, -0.1) is 0 Å². The molecule has 13 heteroatoms. The van der Waals surface area contributed by atoms with Crippen molar-refractivity contribution in [3.05, 3.63) is 65.2 Å². The topological polar surface area (TPSA) is 212 Å². The zero-order valence-electron chi connectivity index (χ0n) is 10.7. The minimum absolute atomic E-state index is 0. The van der Waals surface area contributed by atoms with Crippen LogP contribution in [0.4, 0.5) is 0 Å². The molecule has 4 N–H and O–H groups in total. The molecule has 0 spiro atoms. The van der Waals surface area contributed by atoms with Crippen molar-refractivity contribution in [2.75, 3.05) is 0 Å². The molecule has 12 nitrogen and oxygen atoms in total. The number of carboxylic acid groups (broad SMARTS) is 2. The van der Waals surface area contributed by atoms with Crippen LogP contribution in [0.3, 0.4) is 0 Å². The number of aromatic amines is 4. The van der Waals surface area contributed by atoms with E-state index in [0.717, 1.165) is 12.1 Å². The molecule has 0 aliphatic rings. The van der Waals surface area contributed by atoms with Gasteiger partial charge in [-0.1, -0.05) is 0 Å². The number of hydrogen-bond donors (Lipinski definition) is 4. The van der Waals surface area contributed by atoms with E-state index in [9.17, 15) is 39.0 Å². The molecule has 0 aliphatic carbocycles. The summed E-state index contributed by atoms with van der Waals surface area (Å²) < 4.78 is 0. The maximum atomic E-state index is 10.4. The fourth-order valence-corrected chi connectivity index (χ4v) is 1.16. The van der Waals surface area contributed by atoms with E-state index in [1.54, 1.807) is 0 Å². The number of nitrogens with one attached hydrogen (secondary N) is 4. The minimum Gasteiger partial charge on any atom is -0.543 e. The number of aromatic nitrogens is 4. The van der Waals surface area contributed by atoms with E-state index >= 15 is 0 Å². The van der Waals surface area contributed by atoms with E-state index in [-0.39, 0.29) is 16.5 Å². The summed E-state index contributed by atoms with van der Waals surface area (Å²) in [6.45, 7) is 0. The van der Waals surface area contributed by atoms with E-state index in [4.69, 9.17) is 0 Å². The molecule has 2 aromatic heterocycles. The van der Waals surface area contributed by atoms with Crippen molar-refractivity contribution in [2.24, 2.45) is 0 Å². The van der Waals surface area contributed by atoms with E-state index in [0.29, 0.717) is 0 Å². The van der Waals surface area contributed by atoms with Gasteiger partial charge >= 0.3 is 27.9 Å². The average molecular weight is 369 g/mol. The van der Waals surface area contributed by atoms with Crippen LogP contribution in [0, 0.1) is 0 Å². The Morgan fingerprint density at radius 1 is 0.696 bits per heavy atom. The van der Waals surface area contributed by atoms with Crippen LogP contribution in [0.25, 0.3) is 0 Å². The summed E-state index contributed by atoms with van der Waals surface area (Å²) in [6.07, 6.45) is 0. The van der Waals surface area contributed by atoms with Gasteiger partial charge in [0.1, 0.15) is 0 Å². The van der Waals surface area contributed by atoms with Gasteiger partial charge in [0.2, 0.25) is 0 Å². The Hall–Kier alpha value is -3.21. The first kappa shape index (κ1) is 19.8. The number of rotatable bonds is 2. The van der Waals surface area contributed by atoms with Crippen LogP contribution >= 0.6 is 0 Å². The molecule has 0 aromatic carbocycles. The zero-order chi connectivity index (χ0) is 16.9. The molecule has 124 valence electrons. The van der Waals surface area contributed by atoms with Crippen molar-refractivity contribution < 1.29 is 36.3 Å². The molecule has 2 heterocycles. The molecule has 0 aliphatic heterocycles. The summed E-state index contributed by atoms with van der Waals surface area (Å²) in [5.74, 6) is -3.18. The second kappa shape index (κ2) is 8.29. The van der Waals surface area contributed by atoms with Crippen molar-refractivity contribution in [1.82, 2.24) is 19.9 Å². The van der Waals surface area contributed by atoms with E-state index in [2.05, 4.69) is 0 Å². The van der Waals surface area contributed by atoms with Gasteiger partial charge in [0.15, 0.2) is 0 Å². The fourth-order valence-electron chi connectivity index (χ4n) is 1.16. The molecule has 0 fully saturated rings. The number of H-pyrrole nitrogens is 4. The second-order valence-electron chi connectivity index (χ2n) is 3.58. The summed E-state index contributed by atoms with van der Waals surface area (Å²) in [5.41, 5.74) is -4.33. The standard InChI is InChI=1S/2C5H4N2O4.Ni/c2*8-3-1-2(4(9)10)6-5(11)7-3;/h2*1H,(H,9,10)(H2,6,7,8,11);/q;;+2/p-2. The summed E-state index contributed by atoms with van der Waals surface area (Å²) in [5, 5.41) is 20.1. The van der Waals surface area contributed by atoms with Gasteiger partial charge in [0.05, 0.1) is 23.3 Å². The van der Waals surface area contributed by atoms with Gasteiger partial charge in [0.25, 0.3) is 11.1 Å². The number of carboxylic acids is 2. The number of carbonyl (C=O) groups is 2. The molecule has 23 heavy (non-hydrogen) atoms. The number of hydrogen-bond acceptors (Lipinski definition) is 8. The SMILES string of the molecule is O=C([O-])c1cc(=O)[nH]c(=O)[nH]1.O=C([O-])c1cc(=O)[nH]c(=O)[nH]1.[Ni+2]. The molecular formula is C10H6N4NiO8. The van der Waals surface area contributed by atoms with Crippen LogP contribution in [0.1, 0.15) is 21.0 Å². The van der Waals surface area contributed by atoms with Crippen LogP contribution in [-0.2, 0) is 16.5 Å². The molecule has 0 radical (unpaired) electrons. The quantitative estimate of drug-likeness (QED) is 0.375. The fraction of sp³-hybridized carbons (Fsp3) is 0. The maximum absolute atomic E-state index is 10.4. The zero-order valence-corrected chi connectivity index (χ0v) is 11.7. The third-order valence-electron chi connectivity index (χ3n) is 1.96. The molecule has 0 saturated heterocycles. The Bertz CT molecular complexity index is 803. The van der Waals surface area contributed by atoms with Gasteiger partial charge < -0.3 is 29.8 Å². The van der Waals surface area contributed by atoms with Crippen molar-refractivity contribution in [3.63, 3.8) is 0 Å². The third-order valence-corrected chi connectivity index (χ3v) is 1.96. The Balaban J connectivity index is 0.000000403. The van der Waals surface area contributed by atoms with Crippen molar-refractivity contribution in [1.29, 1.82) is 0 Å². The van der Waals surface area contributed by atoms with Crippen molar-refractivity contribution >= 4 is 11.9 Å². The first-order valence-electron chi connectivity index (χ1n) is 5.29. The van der Waals surface area contributed by atoms with E-state index in [1.807, 2.05) is 19.9 Å². The molecule has 0 amide bonds. The van der Waals surface area contributed by atoms with Crippen molar-refractivity contribution in [2.45, 2.75) is 0 Å². The van der Waals surface area contributed by atoms with Crippen LogP contribution in [0.2, 0.25) is 0 Å². The summed E-state index contributed by atoms with van der Waals surface area (Å²) >= 11 is 0. The summed E-state index contributed by atoms with van der Waals surface area (Å²) in [6, 6.07) is 1.47. The smallest absolute Gasteiger partial charge is 0.543 e. The summed E-state index contributed by atoms with van der Waals surface area (Å²) in [4.78, 5) is 69.2.